The summed E-state index contributed by atoms with van der Waals surface area (Å²) in [7, 11) is 0. The molecule has 0 saturated heterocycles. The first-order chi connectivity index (χ1) is 20.7. The maximum absolute atomic E-state index is 15.2. The van der Waals surface area contributed by atoms with Crippen LogP contribution in [0.4, 0.5) is 20.2 Å². The largest absolute Gasteiger partial charge is 2.00 e. The summed E-state index contributed by atoms with van der Waals surface area (Å²) in [5.41, 5.74) is -0.358. The Kier molecular flexibility index (Phi) is 10.6. The number of anilines is 2. The number of amides is 2. The van der Waals surface area contributed by atoms with E-state index in [2.05, 4.69) is 15.6 Å². The molecule has 1 heterocycles. The van der Waals surface area contributed by atoms with E-state index >= 15 is 4.39 Å². The first-order valence-corrected chi connectivity index (χ1v) is 13.4. The Balaban J connectivity index is 0.00000245. The summed E-state index contributed by atoms with van der Waals surface area (Å²) in [6, 6.07) is 13.8. The van der Waals surface area contributed by atoms with Crippen molar-refractivity contribution >= 4 is 77.8 Å². The number of aliphatic carboxylic acids is 1. The number of halogens is 2. The van der Waals surface area contributed by atoms with Crippen molar-refractivity contribution in [1.82, 2.24) is 4.98 Å². The van der Waals surface area contributed by atoms with E-state index in [1.54, 1.807) is 25.1 Å². The number of carboxylic acids is 1. The Morgan fingerprint density at radius 2 is 1.55 bits per heavy atom. The van der Waals surface area contributed by atoms with Crippen LogP contribution in [0.2, 0.25) is 0 Å². The molecular formula is C31H29CaF2N3O7. The Labute approximate surface area is 283 Å². The molecule has 4 aromatic rings. The van der Waals surface area contributed by atoms with E-state index in [0.717, 1.165) is 6.07 Å². The van der Waals surface area contributed by atoms with Crippen LogP contribution < -0.4 is 24.8 Å². The average molecular weight is 634 g/mol. The van der Waals surface area contributed by atoms with Crippen molar-refractivity contribution in [3.63, 3.8) is 0 Å². The van der Waals surface area contributed by atoms with Crippen molar-refractivity contribution in [1.29, 1.82) is 0 Å². The summed E-state index contributed by atoms with van der Waals surface area (Å²) in [5, 5.41) is 14.6. The maximum Gasteiger partial charge on any atom is 2.00 e. The number of ether oxygens (including phenoxy) is 3. The smallest absolute Gasteiger partial charge is 1.00 e. The second kappa shape index (κ2) is 14.2. The number of rotatable bonds is 12. The molecule has 44 heavy (non-hydrogen) atoms. The van der Waals surface area contributed by atoms with Gasteiger partial charge < -0.3 is 32.8 Å². The molecule has 0 aliphatic heterocycles. The molecule has 13 heteroatoms. The van der Waals surface area contributed by atoms with Crippen LogP contribution in [0.15, 0.2) is 66.9 Å². The predicted octanol–water partition coefficient (Wildman–Crippen LogP) is 5.76. The molecule has 1 saturated carbocycles. The van der Waals surface area contributed by atoms with Gasteiger partial charge in [0.15, 0.2) is 23.1 Å². The van der Waals surface area contributed by atoms with Crippen molar-refractivity contribution < 1.29 is 45.3 Å². The maximum atomic E-state index is 15.2. The van der Waals surface area contributed by atoms with Gasteiger partial charge in [0.2, 0.25) is 11.8 Å². The molecule has 10 nitrogen and oxygen atoms in total. The molecule has 1 aromatic heterocycles. The Morgan fingerprint density at radius 3 is 2.18 bits per heavy atom. The quantitative estimate of drug-likeness (QED) is 0.132. The van der Waals surface area contributed by atoms with Crippen LogP contribution in [0.5, 0.6) is 23.0 Å². The zero-order chi connectivity index (χ0) is 30.6. The number of hydrogen-bond acceptors (Lipinski definition) is 7. The summed E-state index contributed by atoms with van der Waals surface area (Å²) in [6.07, 6.45) is 1.92. The second-order valence-electron chi connectivity index (χ2n) is 9.79. The van der Waals surface area contributed by atoms with Crippen molar-refractivity contribution in [2.24, 2.45) is 5.41 Å². The van der Waals surface area contributed by atoms with Gasteiger partial charge in [0.25, 0.3) is 0 Å². The summed E-state index contributed by atoms with van der Waals surface area (Å²) >= 11 is 0. The van der Waals surface area contributed by atoms with Crippen LogP contribution in [-0.4, -0.2) is 78.8 Å². The van der Waals surface area contributed by atoms with Crippen molar-refractivity contribution in [3.8, 4) is 23.0 Å². The third kappa shape index (κ3) is 7.55. The zero-order valence-electron chi connectivity index (χ0n) is 25.7. The van der Waals surface area contributed by atoms with Gasteiger partial charge in [0.1, 0.15) is 17.0 Å². The molecule has 2 amide bonds. The fourth-order valence-corrected chi connectivity index (χ4v) is 4.34. The van der Waals surface area contributed by atoms with Gasteiger partial charge >= 0.3 is 43.7 Å². The molecule has 5 rings (SSSR count). The van der Waals surface area contributed by atoms with Gasteiger partial charge in [-0.05, 0) is 68.3 Å². The first kappa shape index (κ1) is 32.9. The van der Waals surface area contributed by atoms with E-state index in [0.29, 0.717) is 47.5 Å². The van der Waals surface area contributed by atoms with E-state index in [9.17, 15) is 18.8 Å². The fourth-order valence-electron chi connectivity index (χ4n) is 4.34. The number of hydrogen-bond donors (Lipinski definition) is 3. The summed E-state index contributed by atoms with van der Waals surface area (Å²) in [4.78, 5) is 41.0. The molecule has 0 radical (unpaired) electrons. The minimum Gasteiger partial charge on any atom is -1.00 e. The number of nitrogens with zero attached hydrogens (tertiary/aromatic N) is 1. The average Bonchev–Trinajstić information content (AvgIpc) is 3.79. The third-order valence-corrected chi connectivity index (χ3v) is 6.77. The molecule has 0 bridgehead atoms. The molecule has 0 spiro atoms. The summed E-state index contributed by atoms with van der Waals surface area (Å²) in [5.74, 6) is -2.52. The monoisotopic (exact) mass is 633 g/mol. The summed E-state index contributed by atoms with van der Waals surface area (Å²) in [6.45, 7) is 2.03. The normalized spacial score (nSPS) is 12.9. The number of carboxylic acid groups (broad SMARTS) is 1. The number of benzene rings is 3. The Morgan fingerprint density at radius 1 is 0.886 bits per heavy atom. The van der Waals surface area contributed by atoms with Crippen LogP contribution in [0.3, 0.4) is 0 Å². The molecule has 1 fully saturated rings. The zero-order valence-corrected chi connectivity index (χ0v) is 25.9. The van der Waals surface area contributed by atoms with E-state index in [1.807, 2.05) is 0 Å². The fraction of sp³-hybridized carbons (Fsp3) is 0.226. The molecule has 226 valence electrons. The standard InChI is InChI=1S/C31H27F2N3O7.Ca.2H/c1-2-41-26-16-21-23(17-27(26)42-14-10-28(37)38)34-13-9-24(21)43-25-8-7-20(15-22(25)33)36-30(40)31(11-12-31)29(39)35-19-5-3-18(32)4-6-19;;;/h3-9,13,15-17H,2,10-12,14H2,1H3,(H,35,39)(H,36,40)(H,37,38);;;/q;+2;2*-1. The molecule has 1 aliphatic carbocycles. The van der Waals surface area contributed by atoms with Crippen molar-refractivity contribution in [3.05, 3.63) is 78.5 Å². The number of fused-ring (bicyclic) bond motifs is 1. The SMILES string of the molecule is CCOc1cc2c(Oc3ccc(NC(=O)C4(C(=O)Nc5ccc(F)cc5)CC4)cc3F)ccnc2cc1OCCC(=O)O.[Ca+2].[H-].[H-]. The van der Waals surface area contributed by atoms with E-state index < -0.39 is 34.8 Å². The van der Waals surface area contributed by atoms with E-state index in [1.165, 1.54) is 42.6 Å². The van der Waals surface area contributed by atoms with Gasteiger partial charge in [-0.2, -0.15) is 0 Å². The molecular weight excluding hydrogens is 604 g/mol. The molecule has 1 aliphatic rings. The minimum atomic E-state index is -1.30. The van der Waals surface area contributed by atoms with Gasteiger partial charge in [0, 0.05) is 35.1 Å². The van der Waals surface area contributed by atoms with Crippen LogP contribution in [-0.2, 0) is 14.4 Å². The van der Waals surface area contributed by atoms with E-state index in [4.69, 9.17) is 19.3 Å². The van der Waals surface area contributed by atoms with Crippen molar-refractivity contribution in [2.75, 3.05) is 23.8 Å². The molecule has 0 atom stereocenters. The van der Waals surface area contributed by atoms with Crippen LogP contribution >= 0.6 is 0 Å². The molecule has 3 N–H and O–H groups in total. The number of aromatic nitrogens is 1. The van der Waals surface area contributed by atoms with Crippen LogP contribution in [0, 0.1) is 17.0 Å². The number of pyridine rings is 1. The number of carbonyl (C=O) groups excluding carboxylic acids is 2. The van der Waals surface area contributed by atoms with Crippen LogP contribution in [0.25, 0.3) is 10.9 Å². The van der Waals surface area contributed by atoms with Crippen LogP contribution in [0.1, 0.15) is 29.0 Å². The Hall–Kier alpha value is -4.00. The van der Waals surface area contributed by atoms with Gasteiger partial charge in [-0.25, -0.2) is 8.78 Å². The Bertz CT molecular complexity index is 1710. The third-order valence-electron chi connectivity index (χ3n) is 6.77. The predicted molar refractivity (Wildman–Crippen MR) is 160 cm³/mol. The first-order valence-electron chi connectivity index (χ1n) is 13.4. The number of carbonyl (C=O) groups is 3. The molecule has 3 aromatic carbocycles. The second-order valence-corrected chi connectivity index (χ2v) is 9.79. The topological polar surface area (TPSA) is 136 Å². The molecule has 0 unspecified atom stereocenters. The van der Waals surface area contributed by atoms with Gasteiger partial charge in [-0.15, -0.1) is 0 Å². The van der Waals surface area contributed by atoms with Gasteiger partial charge in [0.05, 0.1) is 25.2 Å². The van der Waals surface area contributed by atoms with Gasteiger partial charge in [-0.1, -0.05) is 0 Å². The van der Waals surface area contributed by atoms with Gasteiger partial charge in [-0.3, -0.25) is 19.4 Å². The van der Waals surface area contributed by atoms with Crippen molar-refractivity contribution in [2.45, 2.75) is 26.2 Å². The minimum absolute atomic E-state index is 0. The number of nitrogens with one attached hydrogen (secondary N) is 2. The summed E-state index contributed by atoms with van der Waals surface area (Å²) < 4.78 is 45.4. The van der Waals surface area contributed by atoms with E-state index in [-0.39, 0.29) is 70.8 Å².